The zero-order chi connectivity index (χ0) is 15.5. The third kappa shape index (κ3) is 3.23. The van der Waals surface area contributed by atoms with Crippen molar-refractivity contribution in [2.24, 2.45) is 0 Å². The number of hydrogen-bond acceptors (Lipinski definition) is 2. The fraction of sp³-hybridized carbons (Fsp3) is 0.235. The van der Waals surface area contributed by atoms with Gasteiger partial charge in [-0.25, -0.2) is 4.79 Å². The molecule has 1 aliphatic rings. The normalized spacial score (nSPS) is 17.0. The van der Waals surface area contributed by atoms with Gasteiger partial charge >= 0.3 is 6.03 Å². The molecule has 1 atom stereocenters. The Kier molecular flexibility index (Phi) is 4.60. The third-order valence-electron chi connectivity index (χ3n) is 3.61. The molecule has 0 bridgehead atoms. The van der Waals surface area contributed by atoms with Gasteiger partial charge in [-0.15, -0.1) is 11.8 Å². The lowest BCUT2D eigenvalue weighted by Gasteiger charge is -2.33. The van der Waals surface area contributed by atoms with Crippen molar-refractivity contribution in [3.8, 4) is 0 Å². The standard InChI is InChI=1S/C17H17ClN2OS/c1-2-14-11-20(15-8-3-4-9-16(15)22-14)17(21)19-13-7-5-6-12(18)10-13/h3-10,14H,2,11H2,1H3,(H,19,21)/t14-/m0/s1. The van der Waals surface area contributed by atoms with Gasteiger partial charge in [0.15, 0.2) is 0 Å². The van der Waals surface area contributed by atoms with Crippen LogP contribution >= 0.6 is 23.4 Å². The molecule has 2 amide bonds. The van der Waals surface area contributed by atoms with Crippen molar-refractivity contribution in [2.45, 2.75) is 23.5 Å². The Hall–Kier alpha value is -1.65. The summed E-state index contributed by atoms with van der Waals surface area (Å²) in [7, 11) is 0. The number of hydrogen-bond donors (Lipinski definition) is 1. The molecule has 3 rings (SSSR count). The van der Waals surface area contributed by atoms with Crippen LogP contribution in [0, 0.1) is 0 Å². The first-order valence-electron chi connectivity index (χ1n) is 7.27. The summed E-state index contributed by atoms with van der Waals surface area (Å²) in [5, 5.41) is 3.96. The topological polar surface area (TPSA) is 32.3 Å². The van der Waals surface area contributed by atoms with Gasteiger partial charge in [-0.05, 0) is 36.8 Å². The molecule has 1 aliphatic heterocycles. The Balaban J connectivity index is 1.85. The maximum Gasteiger partial charge on any atom is 0.326 e. The average Bonchev–Trinajstić information content (AvgIpc) is 2.53. The number of urea groups is 1. The molecule has 0 radical (unpaired) electrons. The number of halogens is 1. The quantitative estimate of drug-likeness (QED) is 0.813. The first-order chi connectivity index (χ1) is 10.7. The SMILES string of the molecule is CC[C@H]1CN(C(=O)Nc2cccc(Cl)c2)c2ccccc2S1. The number of nitrogens with zero attached hydrogens (tertiary/aromatic N) is 1. The van der Waals surface area contributed by atoms with Crippen LogP contribution in [0.2, 0.25) is 5.02 Å². The van der Waals surface area contributed by atoms with Crippen molar-refractivity contribution in [1.29, 1.82) is 0 Å². The minimum atomic E-state index is -0.117. The predicted molar refractivity (Wildman–Crippen MR) is 94.2 cm³/mol. The monoisotopic (exact) mass is 332 g/mol. The van der Waals surface area contributed by atoms with Crippen LogP contribution in [0.3, 0.4) is 0 Å². The molecule has 2 aromatic carbocycles. The van der Waals surface area contributed by atoms with Crippen LogP contribution in [0.15, 0.2) is 53.4 Å². The van der Waals surface area contributed by atoms with E-state index in [4.69, 9.17) is 11.6 Å². The summed E-state index contributed by atoms with van der Waals surface area (Å²) in [4.78, 5) is 15.6. The van der Waals surface area contributed by atoms with E-state index >= 15 is 0 Å². The van der Waals surface area contributed by atoms with E-state index in [0.29, 0.717) is 22.5 Å². The van der Waals surface area contributed by atoms with Crippen molar-refractivity contribution in [1.82, 2.24) is 0 Å². The molecule has 0 saturated heterocycles. The highest BCUT2D eigenvalue weighted by molar-refractivity contribution is 8.00. The maximum absolute atomic E-state index is 12.7. The number of amides is 2. The lowest BCUT2D eigenvalue weighted by Crippen LogP contribution is -2.41. The molecule has 0 spiro atoms. The zero-order valence-corrected chi connectivity index (χ0v) is 13.8. The molecule has 0 fully saturated rings. The minimum Gasteiger partial charge on any atom is -0.307 e. The van der Waals surface area contributed by atoms with E-state index in [1.54, 1.807) is 12.1 Å². The first kappa shape index (κ1) is 15.3. The van der Waals surface area contributed by atoms with E-state index in [-0.39, 0.29) is 6.03 Å². The molecule has 2 aromatic rings. The summed E-state index contributed by atoms with van der Waals surface area (Å²) in [5.74, 6) is 0. The third-order valence-corrected chi connectivity index (χ3v) is 5.26. The van der Waals surface area contributed by atoms with Gasteiger partial charge in [-0.1, -0.05) is 36.7 Å². The van der Waals surface area contributed by atoms with E-state index in [9.17, 15) is 4.79 Å². The van der Waals surface area contributed by atoms with Gasteiger partial charge < -0.3 is 5.32 Å². The van der Waals surface area contributed by atoms with Crippen molar-refractivity contribution in [3.05, 3.63) is 53.6 Å². The Bertz CT molecular complexity index is 692. The van der Waals surface area contributed by atoms with Crippen LogP contribution in [0.5, 0.6) is 0 Å². The molecule has 0 saturated carbocycles. The highest BCUT2D eigenvalue weighted by atomic mass is 35.5. The van der Waals surface area contributed by atoms with E-state index in [0.717, 1.165) is 17.0 Å². The van der Waals surface area contributed by atoms with Crippen LogP contribution in [0.1, 0.15) is 13.3 Å². The van der Waals surface area contributed by atoms with Crippen LogP contribution in [-0.2, 0) is 0 Å². The van der Waals surface area contributed by atoms with Gasteiger partial charge in [0.1, 0.15) is 0 Å². The second-order valence-corrected chi connectivity index (χ2v) is 6.95. The van der Waals surface area contributed by atoms with Crippen LogP contribution in [-0.4, -0.2) is 17.8 Å². The number of benzene rings is 2. The number of thioether (sulfide) groups is 1. The molecule has 5 heteroatoms. The minimum absolute atomic E-state index is 0.117. The average molecular weight is 333 g/mol. The second-order valence-electron chi connectivity index (χ2n) is 5.17. The number of rotatable bonds is 2. The van der Waals surface area contributed by atoms with E-state index in [1.807, 2.05) is 47.0 Å². The fourth-order valence-electron chi connectivity index (χ4n) is 2.46. The summed E-state index contributed by atoms with van der Waals surface area (Å²) < 4.78 is 0. The molecular formula is C17H17ClN2OS. The molecule has 0 aromatic heterocycles. The largest absolute Gasteiger partial charge is 0.326 e. The molecule has 3 nitrogen and oxygen atoms in total. The van der Waals surface area contributed by atoms with Gasteiger partial charge in [0.2, 0.25) is 0 Å². The van der Waals surface area contributed by atoms with E-state index in [2.05, 4.69) is 18.3 Å². The molecule has 1 N–H and O–H groups in total. The summed E-state index contributed by atoms with van der Waals surface area (Å²) in [6, 6.07) is 15.1. The lowest BCUT2D eigenvalue weighted by molar-refractivity contribution is 0.256. The molecule has 114 valence electrons. The smallest absolute Gasteiger partial charge is 0.307 e. The number of para-hydroxylation sites is 1. The first-order valence-corrected chi connectivity index (χ1v) is 8.53. The molecule has 1 heterocycles. The predicted octanol–water partition coefficient (Wildman–Crippen LogP) is 5.26. The van der Waals surface area contributed by atoms with Crippen molar-refractivity contribution >= 4 is 40.8 Å². The van der Waals surface area contributed by atoms with Gasteiger partial charge in [0.25, 0.3) is 0 Å². The van der Waals surface area contributed by atoms with E-state index in [1.165, 1.54) is 0 Å². The second kappa shape index (κ2) is 6.63. The van der Waals surface area contributed by atoms with Crippen molar-refractivity contribution in [2.75, 3.05) is 16.8 Å². The number of nitrogens with one attached hydrogen (secondary N) is 1. The molecule has 22 heavy (non-hydrogen) atoms. The van der Waals surface area contributed by atoms with Gasteiger partial charge in [0.05, 0.1) is 5.69 Å². The highest BCUT2D eigenvalue weighted by Crippen LogP contribution is 2.39. The van der Waals surface area contributed by atoms with Crippen LogP contribution < -0.4 is 10.2 Å². The molecular weight excluding hydrogens is 316 g/mol. The number of carbonyl (C=O) groups is 1. The number of fused-ring (bicyclic) bond motifs is 1. The number of carbonyl (C=O) groups excluding carboxylic acids is 1. The van der Waals surface area contributed by atoms with Crippen LogP contribution in [0.4, 0.5) is 16.2 Å². The Morgan fingerprint density at radius 3 is 2.91 bits per heavy atom. The van der Waals surface area contributed by atoms with E-state index < -0.39 is 0 Å². The van der Waals surface area contributed by atoms with Crippen molar-refractivity contribution < 1.29 is 4.79 Å². The van der Waals surface area contributed by atoms with Gasteiger partial charge in [-0.2, -0.15) is 0 Å². The van der Waals surface area contributed by atoms with Gasteiger partial charge in [0, 0.05) is 27.4 Å². The van der Waals surface area contributed by atoms with Gasteiger partial charge in [-0.3, -0.25) is 4.90 Å². The summed E-state index contributed by atoms with van der Waals surface area (Å²) >= 11 is 7.82. The number of anilines is 2. The summed E-state index contributed by atoms with van der Waals surface area (Å²) in [6.07, 6.45) is 1.03. The maximum atomic E-state index is 12.7. The Morgan fingerprint density at radius 1 is 1.32 bits per heavy atom. The Morgan fingerprint density at radius 2 is 2.14 bits per heavy atom. The molecule has 0 aliphatic carbocycles. The van der Waals surface area contributed by atoms with Crippen LogP contribution in [0.25, 0.3) is 0 Å². The highest BCUT2D eigenvalue weighted by Gasteiger charge is 2.28. The summed E-state index contributed by atoms with van der Waals surface area (Å²) in [5.41, 5.74) is 1.68. The van der Waals surface area contributed by atoms with Crippen molar-refractivity contribution in [3.63, 3.8) is 0 Å². The fourth-order valence-corrected chi connectivity index (χ4v) is 3.86. The molecule has 0 unspecified atom stereocenters. The summed E-state index contributed by atoms with van der Waals surface area (Å²) in [6.45, 7) is 2.86. The zero-order valence-electron chi connectivity index (χ0n) is 12.3. The Labute approximate surface area is 139 Å². The lowest BCUT2D eigenvalue weighted by atomic mass is 10.2.